The van der Waals surface area contributed by atoms with Gasteiger partial charge in [-0.1, -0.05) is 12.8 Å². The van der Waals surface area contributed by atoms with Gasteiger partial charge in [-0.15, -0.1) is 0 Å². The molecule has 1 saturated carbocycles. The van der Waals surface area contributed by atoms with Gasteiger partial charge in [-0.2, -0.15) is 11.8 Å². The van der Waals surface area contributed by atoms with Crippen molar-refractivity contribution in [3.63, 3.8) is 0 Å². The molecule has 2 saturated heterocycles. The van der Waals surface area contributed by atoms with Crippen LogP contribution >= 0.6 is 11.8 Å². The van der Waals surface area contributed by atoms with Gasteiger partial charge >= 0.3 is 0 Å². The predicted molar refractivity (Wildman–Crippen MR) is 85.2 cm³/mol. The highest BCUT2D eigenvalue weighted by molar-refractivity contribution is 8.00. The second-order valence-electron chi connectivity index (χ2n) is 6.83. The number of carbonyl (C=O) groups excluding carboxylic acids is 2. The lowest BCUT2D eigenvalue weighted by Crippen LogP contribution is -2.53. The SMILES string of the molecule is CC(C)N1CC(C(=O)N2CCSC3CCCCC32)CC1=O. The molecule has 2 aliphatic heterocycles. The molecular weight excluding hydrogens is 284 g/mol. The van der Waals surface area contributed by atoms with Gasteiger partial charge in [-0.05, 0) is 26.7 Å². The van der Waals surface area contributed by atoms with Gasteiger partial charge in [0, 0.05) is 42.6 Å². The van der Waals surface area contributed by atoms with Crippen LogP contribution in [-0.2, 0) is 9.59 Å². The molecule has 3 fully saturated rings. The molecule has 3 unspecified atom stereocenters. The van der Waals surface area contributed by atoms with E-state index >= 15 is 0 Å². The van der Waals surface area contributed by atoms with Crippen molar-refractivity contribution in [3.8, 4) is 0 Å². The Kier molecular flexibility index (Phi) is 4.48. The predicted octanol–water partition coefficient (Wildman–Crippen LogP) is 2.13. The highest BCUT2D eigenvalue weighted by atomic mass is 32.2. The van der Waals surface area contributed by atoms with Crippen molar-refractivity contribution in [1.29, 1.82) is 0 Å². The molecule has 118 valence electrons. The highest BCUT2D eigenvalue weighted by Crippen LogP contribution is 2.37. The summed E-state index contributed by atoms with van der Waals surface area (Å²) in [5.41, 5.74) is 0. The Morgan fingerprint density at radius 1 is 1.29 bits per heavy atom. The molecule has 0 bridgehead atoms. The fraction of sp³-hybridized carbons (Fsp3) is 0.875. The summed E-state index contributed by atoms with van der Waals surface area (Å²) in [5.74, 6) is 1.34. The van der Waals surface area contributed by atoms with Crippen LogP contribution in [0.5, 0.6) is 0 Å². The van der Waals surface area contributed by atoms with Crippen molar-refractivity contribution >= 4 is 23.6 Å². The smallest absolute Gasteiger partial charge is 0.228 e. The summed E-state index contributed by atoms with van der Waals surface area (Å²) < 4.78 is 0. The zero-order valence-corrected chi connectivity index (χ0v) is 13.9. The van der Waals surface area contributed by atoms with Crippen LogP contribution in [-0.4, -0.2) is 57.8 Å². The third-order valence-electron chi connectivity index (χ3n) is 5.15. The molecule has 21 heavy (non-hydrogen) atoms. The number of hydrogen-bond donors (Lipinski definition) is 0. The maximum absolute atomic E-state index is 12.9. The van der Waals surface area contributed by atoms with E-state index in [0.29, 0.717) is 24.3 Å². The van der Waals surface area contributed by atoms with Crippen molar-refractivity contribution in [2.75, 3.05) is 18.8 Å². The van der Waals surface area contributed by atoms with Gasteiger partial charge < -0.3 is 9.80 Å². The number of nitrogens with zero attached hydrogens (tertiary/aromatic N) is 2. The first-order valence-electron chi connectivity index (χ1n) is 8.29. The second-order valence-corrected chi connectivity index (χ2v) is 8.18. The minimum absolute atomic E-state index is 0.106. The molecular formula is C16H26N2O2S. The van der Waals surface area contributed by atoms with E-state index < -0.39 is 0 Å². The van der Waals surface area contributed by atoms with Gasteiger partial charge in [0.25, 0.3) is 0 Å². The van der Waals surface area contributed by atoms with Crippen LogP contribution in [0.2, 0.25) is 0 Å². The van der Waals surface area contributed by atoms with E-state index in [1.807, 2.05) is 30.5 Å². The minimum Gasteiger partial charge on any atom is -0.339 e. The zero-order valence-electron chi connectivity index (χ0n) is 13.1. The molecule has 1 aliphatic carbocycles. The fourth-order valence-corrected chi connectivity index (χ4v) is 5.44. The molecule has 0 aromatic rings. The molecule has 4 nitrogen and oxygen atoms in total. The van der Waals surface area contributed by atoms with Crippen LogP contribution in [0.15, 0.2) is 0 Å². The van der Waals surface area contributed by atoms with Gasteiger partial charge in [-0.3, -0.25) is 9.59 Å². The van der Waals surface area contributed by atoms with Crippen molar-refractivity contribution in [3.05, 3.63) is 0 Å². The standard InChI is InChI=1S/C16H26N2O2S/c1-11(2)18-10-12(9-15(18)19)16(20)17-7-8-21-14-6-4-3-5-13(14)17/h11-14H,3-10H2,1-2H3. The normalized spacial score (nSPS) is 33.5. The first-order valence-corrected chi connectivity index (χ1v) is 9.34. The van der Waals surface area contributed by atoms with Crippen LogP contribution < -0.4 is 0 Å². The molecule has 0 radical (unpaired) electrons. The van der Waals surface area contributed by atoms with Crippen LogP contribution in [0, 0.1) is 5.92 Å². The molecule has 2 heterocycles. The maximum Gasteiger partial charge on any atom is 0.228 e. The Morgan fingerprint density at radius 3 is 2.76 bits per heavy atom. The van der Waals surface area contributed by atoms with E-state index in [-0.39, 0.29) is 23.8 Å². The molecule has 3 aliphatic rings. The first-order chi connectivity index (χ1) is 10.1. The van der Waals surface area contributed by atoms with Crippen molar-refractivity contribution in [1.82, 2.24) is 9.80 Å². The zero-order chi connectivity index (χ0) is 15.0. The van der Waals surface area contributed by atoms with Gasteiger partial charge in [0.15, 0.2) is 0 Å². The van der Waals surface area contributed by atoms with Crippen molar-refractivity contribution in [2.24, 2.45) is 5.92 Å². The van der Waals surface area contributed by atoms with Gasteiger partial charge in [0.1, 0.15) is 0 Å². The molecule has 3 atom stereocenters. The van der Waals surface area contributed by atoms with E-state index in [1.165, 1.54) is 19.3 Å². The Bertz CT molecular complexity index is 425. The first kappa shape index (κ1) is 15.2. The van der Waals surface area contributed by atoms with Crippen LogP contribution in [0.3, 0.4) is 0 Å². The molecule has 2 amide bonds. The molecule has 5 heteroatoms. The summed E-state index contributed by atoms with van der Waals surface area (Å²) >= 11 is 2.05. The largest absolute Gasteiger partial charge is 0.339 e. The molecule has 0 spiro atoms. The van der Waals surface area contributed by atoms with E-state index in [4.69, 9.17) is 0 Å². The Morgan fingerprint density at radius 2 is 2.05 bits per heavy atom. The van der Waals surface area contributed by atoms with Gasteiger partial charge in [0.2, 0.25) is 11.8 Å². The lowest BCUT2D eigenvalue weighted by Gasteiger charge is -2.44. The fourth-order valence-electron chi connectivity index (χ4n) is 4.00. The molecule has 3 rings (SSSR count). The van der Waals surface area contributed by atoms with Crippen molar-refractivity contribution < 1.29 is 9.59 Å². The van der Waals surface area contributed by atoms with Crippen LogP contribution in [0.4, 0.5) is 0 Å². The summed E-state index contributed by atoms with van der Waals surface area (Å²) in [6.45, 7) is 5.55. The van der Waals surface area contributed by atoms with Gasteiger partial charge in [-0.25, -0.2) is 0 Å². The lowest BCUT2D eigenvalue weighted by atomic mass is 9.92. The molecule has 0 aromatic carbocycles. The Hall–Kier alpha value is -0.710. The van der Waals surface area contributed by atoms with Crippen LogP contribution in [0.1, 0.15) is 46.0 Å². The average Bonchev–Trinajstić information content (AvgIpc) is 2.88. The highest BCUT2D eigenvalue weighted by Gasteiger charge is 2.42. The summed E-state index contributed by atoms with van der Waals surface area (Å²) in [4.78, 5) is 28.9. The monoisotopic (exact) mass is 310 g/mol. The average molecular weight is 310 g/mol. The topological polar surface area (TPSA) is 40.6 Å². The Labute approximate surface area is 131 Å². The quantitative estimate of drug-likeness (QED) is 0.784. The summed E-state index contributed by atoms with van der Waals surface area (Å²) in [7, 11) is 0. The van der Waals surface area contributed by atoms with Gasteiger partial charge in [0.05, 0.1) is 5.92 Å². The van der Waals surface area contributed by atoms with E-state index in [9.17, 15) is 9.59 Å². The number of rotatable bonds is 2. The summed E-state index contributed by atoms with van der Waals surface area (Å²) in [6.07, 6.45) is 5.36. The molecule has 0 aromatic heterocycles. The van der Waals surface area contributed by atoms with E-state index in [1.54, 1.807) is 0 Å². The maximum atomic E-state index is 12.9. The number of hydrogen-bond acceptors (Lipinski definition) is 3. The van der Waals surface area contributed by atoms with Crippen LogP contribution in [0.25, 0.3) is 0 Å². The second kappa shape index (κ2) is 6.19. The Balaban J connectivity index is 1.68. The minimum atomic E-state index is -0.106. The van der Waals surface area contributed by atoms with E-state index in [2.05, 4.69) is 4.90 Å². The summed E-state index contributed by atoms with van der Waals surface area (Å²) in [5, 5.41) is 0.634. The number of fused-ring (bicyclic) bond motifs is 1. The van der Waals surface area contributed by atoms with E-state index in [0.717, 1.165) is 18.7 Å². The third kappa shape index (κ3) is 2.94. The third-order valence-corrected chi connectivity index (χ3v) is 6.54. The number of amides is 2. The lowest BCUT2D eigenvalue weighted by molar-refractivity contribution is -0.138. The molecule has 0 N–H and O–H groups in total. The summed E-state index contributed by atoms with van der Waals surface area (Å²) in [6, 6.07) is 0.628. The number of carbonyl (C=O) groups is 2. The number of likely N-dealkylation sites (tertiary alicyclic amines) is 1. The van der Waals surface area contributed by atoms with Crippen molar-refractivity contribution in [2.45, 2.75) is 63.3 Å². The number of thioether (sulfide) groups is 1.